The summed E-state index contributed by atoms with van der Waals surface area (Å²) in [6, 6.07) is 32.8. The minimum atomic E-state index is -1.14. The standard InChI is InChI=1S/C28H20OS/c29-30-27-14-8-7-13-25(27)26-19-23(17-15-21-9-3-1-4-10-21)24(20-28(26)30)18-16-22-11-5-2-6-12-22/h1-20H. The molecule has 0 N–H and O–H groups in total. The molecule has 1 aromatic heterocycles. The zero-order valence-corrected chi connectivity index (χ0v) is 17.2. The molecule has 5 rings (SSSR count). The summed E-state index contributed by atoms with van der Waals surface area (Å²) in [5.41, 5.74) is 4.46. The van der Waals surface area contributed by atoms with Crippen molar-refractivity contribution in [1.29, 1.82) is 0 Å². The molecule has 0 spiro atoms. The Kier molecular flexibility index (Phi) is 5.02. The predicted molar refractivity (Wildman–Crippen MR) is 131 cm³/mol. The summed E-state index contributed by atoms with van der Waals surface area (Å²) in [6.07, 6.45) is 8.48. The summed E-state index contributed by atoms with van der Waals surface area (Å²) in [7, 11) is -1.14. The van der Waals surface area contributed by atoms with Gasteiger partial charge in [0.05, 0.1) is 0 Å². The van der Waals surface area contributed by atoms with Crippen molar-refractivity contribution in [2.45, 2.75) is 0 Å². The molecule has 1 atom stereocenters. The number of benzene rings is 4. The number of fused-ring (bicyclic) bond motifs is 3. The molecular formula is C28H20OS. The van der Waals surface area contributed by atoms with Gasteiger partial charge in [-0.1, -0.05) is 97.1 Å². The summed E-state index contributed by atoms with van der Waals surface area (Å²) in [5.74, 6) is 0. The van der Waals surface area contributed by atoms with Crippen molar-refractivity contribution in [3.8, 4) is 0 Å². The SMILES string of the molecule is [O-][s+]1c2ccccc2c2cc(C=Cc3ccccc3)c(C=Cc3ccccc3)cc21. The van der Waals surface area contributed by atoms with Gasteiger partial charge in [-0.05, 0) is 51.2 Å². The van der Waals surface area contributed by atoms with Crippen molar-refractivity contribution >= 4 is 55.2 Å². The Morgan fingerprint density at radius 2 is 1.03 bits per heavy atom. The highest BCUT2D eigenvalue weighted by molar-refractivity contribution is 7.37. The van der Waals surface area contributed by atoms with Crippen molar-refractivity contribution in [3.63, 3.8) is 0 Å². The number of hydrogen-bond donors (Lipinski definition) is 0. The molecule has 1 nitrogen and oxygen atoms in total. The van der Waals surface area contributed by atoms with Gasteiger partial charge in [-0.2, -0.15) is 0 Å². The van der Waals surface area contributed by atoms with E-state index in [-0.39, 0.29) is 0 Å². The lowest BCUT2D eigenvalue weighted by atomic mass is 10.0. The fourth-order valence-electron chi connectivity index (χ4n) is 3.73. The van der Waals surface area contributed by atoms with Crippen LogP contribution in [0.5, 0.6) is 0 Å². The molecule has 0 fully saturated rings. The average Bonchev–Trinajstić information content (AvgIpc) is 3.09. The van der Waals surface area contributed by atoms with Gasteiger partial charge in [-0.15, -0.1) is 0 Å². The van der Waals surface area contributed by atoms with Gasteiger partial charge in [0, 0.05) is 16.8 Å². The molecule has 2 heteroatoms. The largest absolute Gasteiger partial charge is 0.590 e. The van der Waals surface area contributed by atoms with Crippen LogP contribution in [0.25, 0.3) is 44.5 Å². The summed E-state index contributed by atoms with van der Waals surface area (Å²) in [6.45, 7) is 0. The summed E-state index contributed by atoms with van der Waals surface area (Å²) >= 11 is 0. The van der Waals surface area contributed by atoms with Gasteiger partial charge < -0.3 is 4.55 Å². The molecule has 0 bridgehead atoms. The van der Waals surface area contributed by atoms with Gasteiger partial charge in [-0.25, -0.2) is 0 Å². The highest BCUT2D eigenvalue weighted by Crippen LogP contribution is 2.42. The lowest BCUT2D eigenvalue weighted by Crippen LogP contribution is -1.82. The van der Waals surface area contributed by atoms with E-state index >= 15 is 0 Å². The molecule has 1 unspecified atom stereocenters. The second kappa shape index (κ2) is 8.11. The van der Waals surface area contributed by atoms with Crippen LogP contribution in [-0.2, 0) is 0 Å². The zero-order chi connectivity index (χ0) is 20.3. The fraction of sp³-hybridized carbons (Fsp3) is 0. The predicted octanol–water partition coefficient (Wildman–Crippen LogP) is 8.06. The van der Waals surface area contributed by atoms with E-state index in [9.17, 15) is 4.55 Å². The van der Waals surface area contributed by atoms with Crippen molar-refractivity contribution in [2.75, 3.05) is 0 Å². The van der Waals surface area contributed by atoms with Crippen molar-refractivity contribution in [1.82, 2.24) is 0 Å². The third-order valence-corrected chi connectivity index (χ3v) is 6.76. The molecule has 0 aliphatic rings. The Morgan fingerprint density at radius 1 is 0.500 bits per heavy atom. The molecule has 0 aliphatic carbocycles. The molecule has 0 amide bonds. The molecule has 1 heterocycles. The van der Waals surface area contributed by atoms with E-state index in [4.69, 9.17) is 0 Å². The van der Waals surface area contributed by atoms with Crippen LogP contribution in [-0.4, -0.2) is 4.55 Å². The monoisotopic (exact) mass is 404 g/mol. The van der Waals surface area contributed by atoms with Crippen LogP contribution >= 0.6 is 10.8 Å². The highest BCUT2D eigenvalue weighted by atomic mass is 32.2. The molecule has 4 aromatic carbocycles. The van der Waals surface area contributed by atoms with Gasteiger partial charge in [0.15, 0.2) is 9.40 Å². The molecular weight excluding hydrogens is 384 g/mol. The quantitative estimate of drug-likeness (QED) is 0.219. The Labute approximate surface area is 179 Å². The minimum Gasteiger partial charge on any atom is -0.590 e. The van der Waals surface area contributed by atoms with Gasteiger partial charge in [0.25, 0.3) is 0 Å². The lowest BCUT2D eigenvalue weighted by molar-refractivity contribution is 0.602. The van der Waals surface area contributed by atoms with Gasteiger partial charge in [0.2, 0.25) is 0 Å². The first-order valence-corrected chi connectivity index (χ1v) is 11.1. The maximum absolute atomic E-state index is 13.1. The Bertz CT molecular complexity index is 1380. The van der Waals surface area contributed by atoms with E-state index in [2.05, 4.69) is 66.8 Å². The highest BCUT2D eigenvalue weighted by Gasteiger charge is 2.16. The molecule has 5 aromatic rings. The summed E-state index contributed by atoms with van der Waals surface area (Å²) in [4.78, 5) is 0. The van der Waals surface area contributed by atoms with E-state index in [1.54, 1.807) is 0 Å². The van der Waals surface area contributed by atoms with Crippen LogP contribution in [0.4, 0.5) is 0 Å². The molecule has 0 radical (unpaired) electrons. The molecule has 0 saturated heterocycles. The summed E-state index contributed by atoms with van der Waals surface area (Å²) in [5, 5.41) is 2.13. The average molecular weight is 405 g/mol. The molecule has 0 aliphatic heterocycles. The van der Waals surface area contributed by atoms with Crippen LogP contribution in [0.2, 0.25) is 0 Å². The van der Waals surface area contributed by atoms with Gasteiger partial charge in [-0.3, -0.25) is 0 Å². The number of rotatable bonds is 4. The fourth-order valence-corrected chi connectivity index (χ4v) is 5.15. The first-order chi connectivity index (χ1) is 14.8. The van der Waals surface area contributed by atoms with Gasteiger partial charge in [0.1, 0.15) is 0 Å². The van der Waals surface area contributed by atoms with Crippen LogP contribution in [0.1, 0.15) is 22.3 Å². The Hall–Kier alpha value is -3.46. The van der Waals surface area contributed by atoms with E-state index in [0.29, 0.717) is 0 Å². The third kappa shape index (κ3) is 3.59. The second-order valence-corrected chi connectivity index (χ2v) is 8.65. The normalized spacial score (nSPS) is 12.5. The smallest absolute Gasteiger partial charge is 0.181 e. The van der Waals surface area contributed by atoms with E-state index in [1.807, 2.05) is 54.6 Å². The third-order valence-electron chi connectivity index (χ3n) is 5.27. The maximum atomic E-state index is 13.1. The maximum Gasteiger partial charge on any atom is 0.181 e. The topological polar surface area (TPSA) is 23.1 Å². The van der Waals surface area contributed by atoms with Crippen LogP contribution in [0.3, 0.4) is 0 Å². The van der Waals surface area contributed by atoms with Crippen LogP contribution in [0.15, 0.2) is 97.1 Å². The first kappa shape index (κ1) is 18.6. The lowest BCUT2D eigenvalue weighted by Gasteiger charge is -2.03. The van der Waals surface area contributed by atoms with Crippen LogP contribution in [0, 0.1) is 0 Å². The number of hydrogen-bond acceptors (Lipinski definition) is 1. The minimum absolute atomic E-state index is 0.890. The van der Waals surface area contributed by atoms with Crippen molar-refractivity contribution in [2.24, 2.45) is 0 Å². The summed E-state index contributed by atoms with van der Waals surface area (Å²) < 4.78 is 14.9. The van der Waals surface area contributed by atoms with E-state index in [0.717, 1.165) is 42.4 Å². The molecule has 0 saturated carbocycles. The van der Waals surface area contributed by atoms with Crippen LogP contribution < -0.4 is 0 Å². The zero-order valence-electron chi connectivity index (χ0n) is 16.4. The second-order valence-electron chi connectivity index (χ2n) is 7.23. The number of thiophene rings is 1. The first-order valence-electron chi connectivity index (χ1n) is 9.95. The van der Waals surface area contributed by atoms with Gasteiger partial charge >= 0.3 is 0 Å². The molecule has 144 valence electrons. The molecule has 30 heavy (non-hydrogen) atoms. The Morgan fingerprint density at radius 3 is 1.67 bits per heavy atom. The van der Waals surface area contributed by atoms with E-state index in [1.165, 1.54) is 0 Å². The van der Waals surface area contributed by atoms with Crippen molar-refractivity contribution < 1.29 is 4.55 Å². The van der Waals surface area contributed by atoms with E-state index < -0.39 is 10.8 Å². The van der Waals surface area contributed by atoms with Crippen molar-refractivity contribution in [3.05, 3.63) is 119 Å². The Balaban J connectivity index is 1.69.